The monoisotopic (exact) mass is 408 g/mol. The van der Waals surface area contributed by atoms with Gasteiger partial charge in [-0.05, 0) is 36.4 Å². The van der Waals surface area contributed by atoms with Gasteiger partial charge in [-0.15, -0.1) is 6.58 Å². The molecule has 0 bridgehead atoms. The van der Waals surface area contributed by atoms with Gasteiger partial charge in [0.05, 0.1) is 30.1 Å². The normalized spacial score (nSPS) is 10.9. The molecular weight excluding hydrogens is 388 g/mol. The first-order valence-electron chi connectivity index (χ1n) is 8.17. The van der Waals surface area contributed by atoms with Crippen LogP contribution in [0.1, 0.15) is 10.4 Å². The third kappa shape index (κ3) is 6.01. The fourth-order valence-corrected chi connectivity index (χ4v) is 3.39. The molecule has 1 N–H and O–H groups in total. The van der Waals surface area contributed by atoms with E-state index in [1.807, 2.05) is 6.07 Å². The summed E-state index contributed by atoms with van der Waals surface area (Å²) in [6.45, 7) is 4.30. The Morgan fingerprint density at radius 3 is 2.48 bits per heavy atom. The van der Waals surface area contributed by atoms with Crippen molar-refractivity contribution < 1.29 is 17.9 Å². The van der Waals surface area contributed by atoms with Crippen LogP contribution in [0, 0.1) is 0 Å². The molecule has 2 aromatic rings. The molecule has 0 aliphatic rings. The summed E-state index contributed by atoms with van der Waals surface area (Å²) >= 11 is 5.99. The maximum Gasteiger partial charge on any atom is 0.251 e. The van der Waals surface area contributed by atoms with Crippen molar-refractivity contribution in [1.29, 1.82) is 0 Å². The molecule has 1 amide bonds. The standard InChI is InChI=1S/C19H21ClN2O4S/c1-3-13-22(27(2,24)25)16-10-8-15(9-11-16)19(23)21-12-14-26-18-7-5-4-6-17(18)20/h3-11H,1,12-14H2,2H3,(H,21,23). The number of sulfonamides is 1. The minimum Gasteiger partial charge on any atom is -0.490 e. The highest BCUT2D eigenvalue weighted by atomic mass is 35.5. The quantitative estimate of drug-likeness (QED) is 0.511. The van der Waals surface area contributed by atoms with E-state index in [0.717, 1.165) is 6.26 Å². The summed E-state index contributed by atoms with van der Waals surface area (Å²) in [5.41, 5.74) is 0.888. The predicted octanol–water partition coefficient (Wildman–Crippen LogP) is 3.10. The lowest BCUT2D eigenvalue weighted by atomic mass is 10.2. The van der Waals surface area contributed by atoms with Crippen LogP contribution in [-0.2, 0) is 10.0 Å². The molecule has 0 saturated carbocycles. The summed E-state index contributed by atoms with van der Waals surface area (Å²) in [6.07, 6.45) is 2.62. The zero-order valence-electron chi connectivity index (χ0n) is 14.9. The third-order valence-corrected chi connectivity index (χ3v) is 5.07. The van der Waals surface area contributed by atoms with E-state index in [4.69, 9.17) is 16.3 Å². The molecule has 0 spiro atoms. The van der Waals surface area contributed by atoms with Crippen LogP contribution in [0.3, 0.4) is 0 Å². The molecule has 6 nitrogen and oxygen atoms in total. The number of hydrogen-bond acceptors (Lipinski definition) is 4. The minimum absolute atomic E-state index is 0.157. The highest BCUT2D eigenvalue weighted by Crippen LogP contribution is 2.22. The second kappa shape index (κ2) is 9.43. The van der Waals surface area contributed by atoms with Gasteiger partial charge >= 0.3 is 0 Å². The molecule has 0 fully saturated rings. The van der Waals surface area contributed by atoms with Crippen LogP contribution in [-0.4, -0.2) is 40.3 Å². The van der Waals surface area contributed by atoms with Crippen molar-refractivity contribution in [3.8, 4) is 5.75 Å². The number of benzene rings is 2. The van der Waals surface area contributed by atoms with Gasteiger partial charge in [-0.2, -0.15) is 0 Å². The van der Waals surface area contributed by atoms with E-state index in [9.17, 15) is 13.2 Å². The molecule has 8 heteroatoms. The fourth-order valence-electron chi connectivity index (χ4n) is 2.32. The van der Waals surface area contributed by atoms with Crippen LogP contribution in [0.4, 0.5) is 5.69 Å². The van der Waals surface area contributed by atoms with E-state index in [1.54, 1.807) is 42.5 Å². The van der Waals surface area contributed by atoms with Gasteiger partial charge in [0.25, 0.3) is 5.91 Å². The molecule has 0 heterocycles. The maximum absolute atomic E-state index is 12.2. The topological polar surface area (TPSA) is 75.7 Å². The Hall–Kier alpha value is -2.51. The van der Waals surface area contributed by atoms with E-state index >= 15 is 0 Å². The highest BCUT2D eigenvalue weighted by molar-refractivity contribution is 7.92. The number of halogens is 1. The van der Waals surface area contributed by atoms with E-state index in [0.29, 0.717) is 28.6 Å². The van der Waals surface area contributed by atoms with Gasteiger partial charge < -0.3 is 10.1 Å². The SMILES string of the molecule is C=CCN(c1ccc(C(=O)NCCOc2ccccc2Cl)cc1)S(C)(=O)=O. The number of amides is 1. The van der Waals surface area contributed by atoms with Crippen LogP contribution in [0.25, 0.3) is 0 Å². The molecule has 144 valence electrons. The number of ether oxygens (including phenoxy) is 1. The molecular formula is C19H21ClN2O4S. The molecule has 2 rings (SSSR count). The number of anilines is 1. The van der Waals surface area contributed by atoms with Crippen molar-refractivity contribution >= 4 is 33.2 Å². The molecule has 0 aliphatic carbocycles. The first-order valence-corrected chi connectivity index (χ1v) is 10.4. The number of hydrogen-bond donors (Lipinski definition) is 1. The van der Waals surface area contributed by atoms with Crippen LogP contribution in [0.15, 0.2) is 61.2 Å². The summed E-state index contributed by atoms with van der Waals surface area (Å²) in [6, 6.07) is 13.4. The Morgan fingerprint density at radius 2 is 1.89 bits per heavy atom. The Labute approximate surface area is 164 Å². The second-order valence-corrected chi connectivity index (χ2v) is 7.98. The molecule has 2 aromatic carbocycles. The van der Waals surface area contributed by atoms with Crippen molar-refractivity contribution in [2.45, 2.75) is 0 Å². The van der Waals surface area contributed by atoms with E-state index in [2.05, 4.69) is 11.9 Å². The van der Waals surface area contributed by atoms with Crippen molar-refractivity contribution in [2.24, 2.45) is 0 Å². The lowest BCUT2D eigenvalue weighted by molar-refractivity contribution is 0.0947. The lowest BCUT2D eigenvalue weighted by Gasteiger charge is -2.20. The first-order chi connectivity index (χ1) is 12.8. The van der Waals surface area contributed by atoms with E-state index in [1.165, 1.54) is 10.4 Å². The Bertz CT molecular complexity index is 898. The van der Waals surface area contributed by atoms with Gasteiger partial charge in [0.2, 0.25) is 10.0 Å². The van der Waals surface area contributed by atoms with Gasteiger partial charge in [0, 0.05) is 5.56 Å². The van der Waals surface area contributed by atoms with Crippen LogP contribution < -0.4 is 14.4 Å². The van der Waals surface area contributed by atoms with Crippen molar-refractivity contribution in [2.75, 3.05) is 30.3 Å². The molecule has 27 heavy (non-hydrogen) atoms. The summed E-state index contributed by atoms with van der Waals surface area (Å²) in [5.74, 6) is 0.278. The molecule has 0 aliphatic heterocycles. The van der Waals surface area contributed by atoms with Crippen molar-refractivity contribution in [3.63, 3.8) is 0 Å². The van der Waals surface area contributed by atoms with Gasteiger partial charge in [0.1, 0.15) is 12.4 Å². The van der Waals surface area contributed by atoms with Crippen LogP contribution in [0.5, 0.6) is 5.75 Å². The zero-order valence-corrected chi connectivity index (χ0v) is 16.5. The smallest absolute Gasteiger partial charge is 0.251 e. The van der Waals surface area contributed by atoms with Crippen LogP contribution in [0.2, 0.25) is 5.02 Å². The zero-order chi connectivity index (χ0) is 19.9. The average Bonchev–Trinajstić information content (AvgIpc) is 2.63. The molecule has 0 radical (unpaired) electrons. The predicted molar refractivity (Wildman–Crippen MR) is 108 cm³/mol. The number of para-hydroxylation sites is 1. The average molecular weight is 409 g/mol. The fraction of sp³-hybridized carbons (Fsp3) is 0.211. The highest BCUT2D eigenvalue weighted by Gasteiger charge is 2.16. The number of carbonyl (C=O) groups is 1. The Morgan fingerprint density at radius 1 is 1.22 bits per heavy atom. The summed E-state index contributed by atoms with van der Waals surface area (Å²) in [7, 11) is -3.43. The first kappa shape index (κ1) is 20.8. The van der Waals surface area contributed by atoms with Crippen LogP contribution >= 0.6 is 11.6 Å². The van der Waals surface area contributed by atoms with Crippen molar-refractivity contribution in [1.82, 2.24) is 5.32 Å². The Balaban J connectivity index is 1.91. The largest absolute Gasteiger partial charge is 0.490 e. The number of carbonyl (C=O) groups excluding carboxylic acids is 1. The van der Waals surface area contributed by atoms with Crippen molar-refractivity contribution in [3.05, 3.63) is 71.8 Å². The van der Waals surface area contributed by atoms with E-state index in [-0.39, 0.29) is 19.1 Å². The third-order valence-electron chi connectivity index (χ3n) is 3.59. The molecule has 0 saturated heterocycles. The molecule has 0 aromatic heterocycles. The maximum atomic E-state index is 12.2. The number of nitrogens with zero attached hydrogens (tertiary/aromatic N) is 1. The summed E-state index contributed by atoms with van der Waals surface area (Å²) < 4.78 is 30.4. The van der Waals surface area contributed by atoms with Gasteiger partial charge in [-0.25, -0.2) is 8.42 Å². The van der Waals surface area contributed by atoms with E-state index < -0.39 is 10.0 Å². The van der Waals surface area contributed by atoms with Gasteiger partial charge in [-0.3, -0.25) is 9.10 Å². The summed E-state index contributed by atoms with van der Waals surface area (Å²) in [5, 5.41) is 3.25. The second-order valence-electron chi connectivity index (χ2n) is 5.66. The molecule has 0 atom stereocenters. The molecule has 0 unspecified atom stereocenters. The lowest BCUT2D eigenvalue weighted by Crippen LogP contribution is -2.30. The summed E-state index contributed by atoms with van der Waals surface area (Å²) in [4.78, 5) is 12.2. The minimum atomic E-state index is -3.43. The van der Waals surface area contributed by atoms with Gasteiger partial charge in [-0.1, -0.05) is 29.8 Å². The van der Waals surface area contributed by atoms with Gasteiger partial charge in [0.15, 0.2) is 0 Å². The Kier molecular flexibility index (Phi) is 7.27. The number of nitrogens with one attached hydrogen (secondary N) is 1. The number of rotatable bonds is 9.